The van der Waals surface area contributed by atoms with Gasteiger partial charge in [0.05, 0.1) is 17.7 Å². The molecule has 33 heavy (non-hydrogen) atoms. The SMILES string of the molecule is Cn1c(=O)c2c(nc(N/N=C\c3ccc([N+](=O)[O-])cc3)n2Cc2ccc(F)cc2)n(C)c1=O. The Hall–Kier alpha value is -4.61. The lowest BCUT2D eigenvalue weighted by Gasteiger charge is -2.09. The number of non-ortho nitro benzene ring substituents is 1. The van der Waals surface area contributed by atoms with Crippen molar-refractivity contribution < 1.29 is 9.31 Å². The number of rotatable bonds is 6. The summed E-state index contributed by atoms with van der Waals surface area (Å²) in [6.45, 7) is 0.166. The minimum Gasteiger partial charge on any atom is -0.298 e. The van der Waals surface area contributed by atoms with Gasteiger partial charge in [0, 0.05) is 26.2 Å². The van der Waals surface area contributed by atoms with Crippen LogP contribution in [0.4, 0.5) is 16.0 Å². The third-order valence-corrected chi connectivity index (χ3v) is 5.08. The van der Waals surface area contributed by atoms with Crippen molar-refractivity contribution in [2.45, 2.75) is 6.54 Å². The lowest BCUT2D eigenvalue weighted by molar-refractivity contribution is -0.384. The number of aryl methyl sites for hydroxylation is 1. The quantitative estimate of drug-likeness (QED) is 0.271. The number of hydrogen-bond acceptors (Lipinski definition) is 7. The van der Waals surface area contributed by atoms with Gasteiger partial charge in [-0.3, -0.25) is 28.6 Å². The average Bonchev–Trinajstić information content (AvgIpc) is 3.16. The molecule has 0 saturated heterocycles. The summed E-state index contributed by atoms with van der Waals surface area (Å²) in [6, 6.07) is 11.5. The fraction of sp³-hybridized carbons (Fsp3) is 0.143. The molecule has 2 heterocycles. The van der Waals surface area contributed by atoms with Crippen LogP contribution >= 0.6 is 0 Å². The predicted molar refractivity (Wildman–Crippen MR) is 120 cm³/mol. The number of benzene rings is 2. The fourth-order valence-electron chi connectivity index (χ4n) is 3.30. The number of hydrazone groups is 1. The molecule has 0 atom stereocenters. The van der Waals surface area contributed by atoms with Crippen molar-refractivity contribution in [3.63, 3.8) is 0 Å². The van der Waals surface area contributed by atoms with E-state index in [4.69, 9.17) is 0 Å². The van der Waals surface area contributed by atoms with Gasteiger partial charge < -0.3 is 0 Å². The van der Waals surface area contributed by atoms with Crippen LogP contribution in [0.2, 0.25) is 0 Å². The molecule has 0 aliphatic rings. The zero-order chi connectivity index (χ0) is 23.7. The lowest BCUT2D eigenvalue weighted by atomic mass is 10.2. The summed E-state index contributed by atoms with van der Waals surface area (Å²) in [6.07, 6.45) is 1.43. The monoisotopic (exact) mass is 451 g/mol. The molecule has 0 radical (unpaired) electrons. The van der Waals surface area contributed by atoms with Gasteiger partial charge in [0.15, 0.2) is 11.2 Å². The number of halogens is 1. The van der Waals surface area contributed by atoms with E-state index in [0.29, 0.717) is 11.1 Å². The molecule has 0 fully saturated rings. The number of nitro groups is 1. The molecule has 168 valence electrons. The molecule has 0 bridgehead atoms. The molecule has 0 aliphatic carbocycles. The maximum atomic E-state index is 13.3. The molecule has 0 aliphatic heterocycles. The Morgan fingerprint density at radius 1 is 1.09 bits per heavy atom. The van der Waals surface area contributed by atoms with Crippen LogP contribution in [-0.2, 0) is 20.6 Å². The third kappa shape index (κ3) is 4.13. The minimum atomic E-state index is -0.532. The van der Waals surface area contributed by atoms with Crippen molar-refractivity contribution in [2.24, 2.45) is 19.2 Å². The maximum absolute atomic E-state index is 13.3. The first kappa shape index (κ1) is 21.6. The van der Waals surface area contributed by atoms with Gasteiger partial charge in [0.2, 0.25) is 5.95 Å². The molecule has 4 rings (SSSR count). The minimum absolute atomic E-state index is 0.0436. The fourth-order valence-corrected chi connectivity index (χ4v) is 3.30. The summed E-state index contributed by atoms with van der Waals surface area (Å²) in [7, 11) is 2.88. The molecular formula is C21H18FN7O4. The Kier molecular flexibility index (Phi) is 5.56. The van der Waals surface area contributed by atoms with E-state index in [-0.39, 0.29) is 29.3 Å². The number of fused-ring (bicyclic) bond motifs is 1. The highest BCUT2D eigenvalue weighted by Gasteiger charge is 2.19. The normalized spacial score (nSPS) is 11.4. The van der Waals surface area contributed by atoms with E-state index in [1.807, 2.05) is 0 Å². The molecular weight excluding hydrogens is 433 g/mol. The van der Waals surface area contributed by atoms with Gasteiger partial charge in [-0.25, -0.2) is 14.6 Å². The number of aromatic nitrogens is 4. The Balaban J connectivity index is 1.76. The third-order valence-electron chi connectivity index (χ3n) is 5.08. The maximum Gasteiger partial charge on any atom is 0.332 e. The van der Waals surface area contributed by atoms with Gasteiger partial charge in [-0.05, 0) is 35.4 Å². The first-order valence-corrected chi connectivity index (χ1v) is 9.70. The van der Waals surface area contributed by atoms with Crippen LogP contribution in [0.1, 0.15) is 11.1 Å². The molecule has 1 N–H and O–H groups in total. The average molecular weight is 451 g/mol. The van der Waals surface area contributed by atoms with Crippen LogP contribution in [0.25, 0.3) is 11.2 Å². The van der Waals surface area contributed by atoms with Crippen molar-refractivity contribution in [1.82, 2.24) is 18.7 Å². The summed E-state index contributed by atoms with van der Waals surface area (Å²) in [4.78, 5) is 39.9. The second-order valence-electron chi connectivity index (χ2n) is 7.24. The van der Waals surface area contributed by atoms with Gasteiger partial charge in [-0.1, -0.05) is 12.1 Å². The Morgan fingerprint density at radius 3 is 2.39 bits per heavy atom. The highest BCUT2D eigenvalue weighted by atomic mass is 19.1. The van der Waals surface area contributed by atoms with Crippen molar-refractivity contribution >= 4 is 29.0 Å². The smallest absolute Gasteiger partial charge is 0.298 e. The molecule has 2 aromatic heterocycles. The van der Waals surface area contributed by atoms with E-state index in [1.54, 1.807) is 16.7 Å². The van der Waals surface area contributed by atoms with Crippen LogP contribution < -0.4 is 16.7 Å². The number of hydrogen-bond donors (Lipinski definition) is 1. The van der Waals surface area contributed by atoms with E-state index in [0.717, 1.165) is 4.57 Å². The van der Waals surface area contributed by atoms with E-state index in [9.17, 15) is 24.1 Å². The zero-order valence-corrected chi connectivity index (χ0v) is 17.6. The molecule has 0 saturated carbocycles. The van der Waals surface area contributed by atoms with Crippen molar-refractivity contribution in [1.29, 1.82) is 0 Å². The van der Waals surface area contributed by atoms with Crippen molar-refractivity contribution in [3.8, 4) is 0 Å². The van der Waals surface area contributed by atoms with E-state index in [1.165, 1.54) is 61.3 Å². The van der Waals surface area contributed by atoms with Crippen molar-refractivity contribution in [2.75, 3.05) is 5.43 Å². The van der Waals surface area contributed by atoms with Crippen LogP contribution in [0, 0.1) is 15.9 Å². The molecule has 0 spiro atoms. The first-order valence-electron chi connectivity index (χ1n) is 9.70. The number of nitrogens with zero attached hydrogens (tertiary/aromatic N) is 6. The molecule has 0 unspecified atom stereocenters. The molecule has 12 heteroatoms. The lowest BCUT2D eigenvalue weighted by Crippen LogP contribution is -2.37. The Bertz CT molecular complexity index is 1500. The molecule has 4 aromatic rings. The van der Waals surface area contributed by atoms with Crippen LogP contribution in [-0.4, -0.2) is 29.8 Å². The van der Waals surface area contributed by atoms with Gasteiger partial charge in [-0.15, -0.1) is 0 Å². The number of imidazole rings is 1. The van der Waals surface area contributed by atoms with E-state index >= 15 is 0 Å². The number of nitrogens with one attached hydrogen (secondary N) is 1. The zero-order valence-electron chi connectivity index (χ0n) is 17.6. The van der Waals surface area contributed by atoms with Crippen molar-refractivity contribution in [3.05, 3.63) is 96.4 Å². The number of nitro benzene ring substituents is 1. The molecule has 11 nitrogen and oxygen atoms in total. The second kappa shape index (κ2) is 8.49. The van der Waals surface area contributed by atoms with E-state index < -0.39 is 22.0 Å². The topological polar surface area (TPSA) is 129 Å². The standard InChI is InChI=1S/C21H18FN7O4/c1-26-18-17(19(30)27(2)21(26)31)28(12-14-3-7-15(22)8-4-14)20(24-18)25-23-11-13-5-9-16(10-6-13)29(32)33/h3-11H,12H2,1-2H3,(H,24,25)/b23-11-. The first-order chi connectivity index (χ1) is 15.8. The van der Waals surface area contributed by atoms with Gasteiger partial charge in [0.25, 0.3) is 11.2 Å². The summed E-state index contributed by atoms with van der Waals surface area (Å²) in [5, 5.41) is 14.9. The largest absolute Gasteiger partial charge is 0.332 e. The van der Waals surface area contributed by atoms with Gasteiger partial charge >= 0.3 is 5.69 Å². The summed E-state index contributed by atoms with van der Waals surface area (Å²) in [5.41, 5.74) is 3.30. The Morgan fingerprint density at radius 2 is 1.76 bits per heavy atom. The van der Waals surface area contributed by atoms with Gasteiger partial charge in [0.1, 0.15) is 5.82 Å². The van der Waals surface area contributed by atoms with E-state index in [2.05, 4.69) is 15.5 Å². The van der Waals surface area contributed by atoms with Crippen LogP contribution in [0.15, 0.2) is 63.2 Å². The molecule has 2 aromatic carbocycles. The summed E-state index contributed by atoms with van der Waals surface area (Å²) in [5.74, 6) is -0.204. The summed E-state index contributed by atoms with van der Waals surface area (Å²) >= 11 is 0. The van der Waals surface area contributed by atoms with Crippen LogP contribution in [0.3, 0.4) is 0 Å². The highest BCUT2D eigenvalue weighted by Crippen LogP contribution is 2.18. The summed E-state index contributed by atoms with van der Waals surface area (Å²) < 4.78 is 17.1. The second-order valence-corrected chi connectivity index (χ2v) is 7.24. The molecule has 0 amide bonds. The highest BCUT2D eigenvalue weighted by molar-refractivity contribution is 5.81. The van der Waals surface area contributed by atoms with Gasteiger partial charge in [-0.2, -0.15) is 10.1 Å². The number of anilines is 1. The Labute approximate surface area is 185 Å². The predicted octanol–water partition coefficient (Wildman–Crippen LogP) is 1.98. The van der Waals surface area contributed by atoms with Crippen LogP contribution in [0.5, 0.6) is 0 Å².